The number of rotatable bonds is 3. The fourth-order valence-corrected chi connectivity index (χ4v) is 10.9. The minimum Gasteiger partial charge on any atom is -0.481 e. The number of aliphatic carboxylic acids is 1. The van der Waals surface area contributed by atoms with Crippen molar-refractivity contribution in [3.8, 4) is 0 Å². The molecule has 0 amide bonds. The van der Waals surface area contributed by atoms with Gasteiger partial charge in [0.15, 0.2) is 0 Å². The number of fused-ring (bicyclic) bond motifs is 6. The molecule has 4 heteroatoms. The molecule has 3 saturated carbocycles. The van der Waals surface area contributed by atoms with Gasteiger partial charge in [-0.2, -0.15) is 0 Å². The third-order valence-electron chi connectivity index (χ3n) is 13.6. The maximum atomic E-state index is 13.1. The zero-order chi connectivity index (χ0) is 29.6. The topological polar surface area (TPSA) is 63.6 Å². The van der Waals surface area contributed by atoms with Crippen molar-refractivity contribution >= 4 is 11.9 Å². The second-order valence-corrected chi connectivity index (χ2v) is 16.4. The summed E-state index contributed by atoms with van der Waals surface area (Å²) in [6.07, 6.45) is 13.2. The predicted octanol–water partition coefficient (Wildman–Crippen LogP) is 9.02. The molecule has 0 heterocycles. The van der Waals surface area contributed by atoms with E-state index in [1.807, 2.05) is 30.3 Å². The Morgan fingerprint density at radius 3 is 2.22 bits per heavy atom. The summed E-state index contributed by atoms with van der Waals surface area (Å²) in [6.45, 7) is 16.8. The van der Waals surface area contributed by atoms with Crippen LogP contribution >= 0.6 is 0 Å². The molecule has 1 N–H and O–H groups in total. The van der Waals surface area contributed by atoms with Crippen LogP contribution in [0.15, 0.2) is 53.6 Å². The smallest absolute Gasteiger partial charge is 0.338 e. The summed E-state index contributed by atoms with van der Waals surface area (Å²) in [5.74, 6) is 0.0167. The van der Waals surface area contributed by atoms with Crippen LogP contribution in [0.4, 0.5) is 0 Å². The maximum absolute atomic E-state index is 13.1. The van der Waals surface area contributed by atoms with E-state index in [0.717, 1.165) is 57.8 Å². The van der Waals surface area contributed by atoms with Gasteiger partial charge in [0.05, 0.1) is 11.0 Å². The molecule has 0 radical (unpaired) electrons. The molecule has 7 unspecified atom stereocenters. The lowest BCUT2D eigenvalue weighted by Gasteiger charge is -2.69. The fraction of sp³-hybridized carbons (Fsp3) is 0.676. The highest BCUT2D eigenvalue weighted by molar-refractivity contribution is 5.89. The molecular weight excluding hydrogens is 508 g/mol. The first-order valence-corrected chi connectivity index (χ1v) is 16.0. The number of hydrogen-bond acceptors (Lipinski definition) is 3. The Hall–Kier alpha value is -2.36. The Morgan fingerprint density at radius 2 is 1.54 bits per heavy atom. The van der Waals surface area contributed by atoms with E-state index < -0.39 is 11.4 Å². The van der Waals surface area contributed by atoms with E-state index in [4.69, 9.17) is 4.74 Å². The highest BCUT2D eigenvalue weighted by Gasteiger charge is 2.67. The molecule has 0 aromatic heterocycles. The van der Waals surface area contributed by atoms with Gasteiger partial charge in [-0.25, -0.2) is 4.79 Å². The molecule has 0 aliphatic heterocycles. The Labute approximate surface area is 247 Å². The van der Waals surface area contributed by atoms with Crippen molar-refractivity contribution in [2.75, 3.05) is 0 Å². The van der Waals surface area contributed by atoms with Crippen LogP contribution in [0.25, 0.3) is 0 Å². The number of hydrogen-bond donors (Lipinski definition) is 1. The Kier molecular flexibility index (Phi) is 6.36. The third kappa shape index (κ3) is 3.91. The molecule has 41 heavy (non-hydrogen) atoms. The predicted molar refractivity (Wildman–Crippen MR) is 162 cm³/mol. The van der Waals surface area contributed by atoms with Gasteiger partial charge in [0.1, 0.15) is 6.10 Å². The van der Waals surface area contributed by atoms with Gasteiger partial charge < -0.3 is 9.84 Å². The van der Waals surface area contributed by atoms with Gasteiger partial charge in [0.2, 0.25) is 0 Å². The van der Waals surface area contributed by atoms with Gasteiger partial charge in [-0.15, -0.1) is 0 Å². The Morgan fingerprint density at radius 1 is 0.854 bits per heavy atom. The summed E-state index contributed by atoms with van der Waals surface area (Å²) in [5.41, 5.74) is 2.63. The SMILES string of the molecule is CC1(C)CCC2(C(=O)O)CCC3(C)C(=C2C1)C=CC1C2(C)CCC(OC(=O)c4ccccc4)C(C)(C)C2CCC13C. The van der Waals surface area contributed by atoms with Crippen molar-refractivity contribution in [2.45, 2.75) is 112 Å². The second kappa shape index (κ2) is 9.07. The van der Waals surface area contributed by atoms with Crippen molar-refractivity contribution in [3.63, 3.8) is 0 Å². The van der Waals surface area contributed by atoms with Crippen LogP contribution in [-0.4, -0.2) is 23.1 Å². The van der Waals surface area contributed by atoms with Gasteiger partial charge in [0, 0.05) is 5.41 Å². The third-order valence-corrected chi connectivity index (χ3v) is 13.6. The van der Waals surface area contributed by atoms with E-state index in [1.54, 1.807) is 0 Å². The normalized spacial score (nSPS) is 42.3. The number of carboxylic acid groups (broad SMARTS) is 1. The maximum Gasteiger partial charge on any atom is 0.338 e. The van der Waals surface area contributed by atoms with Crippen LogP contribution in [-0.2, 0) is 9.53 Å². The highest BCUT2D eigenvalue weighted by atomic mass is 16.5. The number of carbonyl (C=O) groups is 2. The standard InChI is InChI=1S/C37H50O4/c1-32(2)19-21-37(31(39)40)22-20-35(6)25(26(37)23-32)13-14-28-34(5)17-16-29(41-30(38)24-11-9-8-10-12-24)33(3,4)27(34)15-18-36(28,35)7/h8-14,27-29H,15-23H2,1-7H3,(H,39,40). The minimum atomic E-state index is -0.693. The number of ether oxygens (including phenoxy) is 1. The van der Waals surface area contributed by atoms with Crippen LogP contribution in [0.5, 0.6) is 0 Å². The quantitative estimate of drug-likeness (QED) is 0.376. The zero-order valence-electron chi connectivity index (χ0n) is 26.3. The second-order valence-electron chi connectivity index (χ2n) is 16.4. The average Bonchev–Trinajstić information content (AvgIpc) is 2.90. The van der Waals surface area contributed by atoms with E-state index in [0.29, 0.717) is 17.4 Å². The number of carboxylic acids is 1. The molecule has 6 rings (SSSR count). The van der Waals surface area contributed by atoms with Crippen molar-refractivity contribution < 1.29 is 19.4 Å². The van der Waals surface area contributed by atoms with E-state index >= 15 is 0 Å². The molecule has 1 aromatic rings. The molecule has 0 saturated heterocycles. The molecule has 5 aliphatic carbocycles. The molecule has 1 aromatic carbocycles. The summed E-state index contributed by atoms with van der Waals surface area (Å²) >= 11 is 0. The van der Waals surface area contributed by atoms with Crippen molar-refractivity contribution in [3.05, 3.63) is 59.2 Å². The number of benzene rings is 1. The molecule has 222 valence electrons. The summed E-state index contributed by atoms with van der Waals surface area (Å²) in [7, 11) is 0. The van der Waals surface area contributed by atoms with Crippen LogP contribution in [0, 0.1) is 44.3 Å². The lowest BCUT2D eigenvalue weighted by molar-refractivity contribution is -0.184. The van der Waals surface area contributed by atoms with E-state index in [-0.39, 0.29) is 39.1 Å². The van der Waals surface area contributed by atoms with Crippen molar-refractivity contribution in [2.24, 2.45) is 44.3 Å². The lowest BCUT2D eigenvalue weighted by atomic mass is 9.35. The Bertz CT molecular complexity index is 1320. The highest BCUT2D eigenvalue weighted by Crippen LogP contribution is 2.74. The molecule has 5 aliphatic rings. The zero-order valence-corrected chi connectivity index (χ0v) is 26.3. The molecular formula is C37H50O4. The van der Waals surface area contributed by atoms with Gasteiger partial charge in [-0.1, -0.05) is 78.8 Å². The summed E-state index contributed by atoms with van der Waals surface area (Å²) < 4.78 is 6.25. The molecule has 7 atom stereocenters. The lowest BCUT2D eigenvalue weighted by Crippen LogP contribution is -2.63. The number of esters is 1. The van der Waals surface area contributed by atoms with Crippen LogP contribution in [0.1, 0.15) is 117 Å². The molecule has 0 spiro atoms. The van der Waals surface area contributed by atoms with Crippen LogP contribution < -0.4 is 0 Å². The largest absolute Gasteiger partial charge is 0.481 e. The van der Waals surface area contributed by atoms with Gasteiger partial charge in [-0.3, -0.25) is 4.79 Å². The van der Waals surface area contributed by atoms with E-state index in [9.17, 15) is 14.7 Å². The van der Waals surface area contributed by atoms with Gasteiger partial charge in [-0.05, 0) is 115 Å². The van der Waals surface area contributed by atoms with Crippen molar-refractivity contribution in [1.29, 1.82) is 0 Å². The summed E-state index contributed by atoms with van der Waals surface area (Å²) in [4.78, 5) is 26.0. The van der Waals surface area contributed by atoms with Crippen molar-refractivity contribution in [1.82, 2.24) is 0 Å². The molecule has 0 bridgehead atoms. The first-order chi connectivity index (χ1) is 19.1. The first kappa shape index (κ1) is 28.7. The Balaban J connectivity index is 1.37. The minimum absolute atomic E-state index is 0.0388. The summed E-state index contributed by atoms with van der Waals surface area (Å²) in [5, 5.41) is 10.6. The first-order valence-electron chi connectivity index (χ1n) is 16.0. The fourth-order valence-electron chi connectivity index (χ4n) is 10.9. The molecule has 4 nitrogen and oxygen atoms in total. The van der Waals surface area contributed by atoms with E-state index in [2.05, 4.69) is 60.6 Å². The monoisotopic (exact) mass is 558 g/mol. The van der Waals surface area contributed by atoms with Crippen LogP contribution in [0.3, 0.4) is 0 Å². The number of carbonyl (C=O) groups excluding carboxylic acids is 1. The van der Waals surface area contributed by atoms with Gasteiger partial charge >= 0.3 is 11.9 Å². The molecule has 3 fully saturated rings. The van der Waals surface area contributed by atoms with Crippen LogP contribution in [0.2, 0.25) is 0 Å². The number of allylic oxidation sites excluding steroid dienone is 3. The van der Waals surface area contributed by atoms with Gasteiger partial charge in [0.25, 0.3) is 0 Å². The average molecular weight is 559 g/mol. The summed E-state index contributed by atoms with van der Waals surface area (Å²) in [6, 6.07) is 9.38. The van der Waals surface area contributed by atoms with E-state index in [1.165, 1.54) is 11.1 Å².